The van der Waals surface area contributed by atoms with Crippen LogP contribution in [-0.2, 0) is 21.4 Å². The van der Waals surface area contributed by atoms with Gasteiger partial charge in [0.2, 0.25) is 15.9 Å². The number of para-hydroxylation sites is 1. The Bertz CT molecular complexity index is 1180. The molecule has 0 spiro atoms. The number of carbonyl (C=O) groups is 2. The zero-order chi connectivity index (χ0) is 23.1. The van der Waals surface area contributed by atoms with Crippen molar-refractivity contribution in [1.82, 2.24) is 14.6 Å². The number of nitrogens with zero attached hydrogens (tertiary/aromatic N) is 2. The second-order valence-electron chi connectivity index (χ2n) is 7.17. The molecule has 3 aromatic rings. The van der Waals surface area contributed by atoms with Gasteiger partial charge in [-0.1, -0.05) is 48.5 Å². The van der Waals surface area contributed by atoms with Gasteiger partial charge >= 0.3 is 0 Å². The van der Waals surface area contributed by atoms with Gasteiger partial charge in [0.05, 0.1) is 17.5 Å². The van der Waals surface area contributed by atoms with Crippen molar-refractivity contribution in [3.05, 3.63) is 95.8 Å². The van der Waals surface area contributed by atoms with Gasteiger partial charge < -0.3 is 10.6 Å². The molecule has 0 radical (unpaired) electrons. The third-order valence-electron chi connectivity index (χ3n) is 4.86. The molecule has 0 unspecified atom stereocenters. The monoisotopic (exact) mass is 452 g/mol. The van der Waals surface area contributed by atoms with Crippen LogP contribution in [0.3, 0.4) is 0 Å². The van der Waals surface area contributed by atoms with Crippen molar-refractivity contribution in [2.24, 2.45) is 0 Å². The third kappa shape index (κ3) is 5.77. The lowest BCUT2D eigenvalue weighted by Crippen LogP contribution is -2.38. The molecule has 8 nitrogen and oxygen atoms in total. The second-order valence-corrected chi connectivity index (χ2v) is 9.21. The van der Waals surface area contributed by atoms with Crippen LogP contribution in [0.2, 0.25) is 0 Å². The lowest BCUT2D eigenvalue weighted by molar-refractivity contribution is -0.119. The summed E-state index contributed by atoms with van der Waals surface area (Å²) >= 11 is 0. The van der Waals surface area contributed by atoms with E-state index >= 15 is 0 Å². The first-order valence-corrected chi connectivity index (χ1v) is 11.7. The Balaban J connectivity index is 1.83. The van der Waals surface area contributed by atoms with Gasteiger partial charge in [-0.2, -0.15) is 4.31 Å². The maximum absolute atomic E-state index is 13.2. The number of likely N-dealkylation sites (N-methyl/N-ethyl adjacent to an activating group) is 1. The largest absolute Gasteiger partial charge is 0.348 e. The SMILES string of the molecule is CN([C@@H](C(=O)Nc1ccccc1C(=O)NCc1cccnc1)c1ccccc1)S(C)(=O)=O. The number of benzene rings is 2. The van der Waals surface area contributed by atoms with E-state index in [0.29, 0.717) is 5.56 Å². The minimum absolute atomic E-state index is 0.263. The molecule has 0 aliphatic rings. The van der Waals surface area contributed by atoms with Crippen molar-refractivity contribution < 1.29 is 18.0 Å². The van der Waals surface area contributed by atoms with E-state index in [4.69, 9.17) is 0 Å². The molecule has 0 bridgehead atoms. The summed E-state index contributed by atoms with van der Waals surface area (Å²) in [6.07, 6.45) is 4.34. The number of sulfonamides is 1. The van der Waals surface area contributed by atoms with Crippen molar-refractivity contribution in [3.8, 4) is 0 Å². The Morgan fingerprint density at radius 3 is 2.34 bits per heavy atom. The first-order valence-electron chi connectivity index (χ1n) is 9.82. The van der Waals surface area contributed by atoms with Crippen molar-refractivity contribution in [2.45, 2.75) is 12.6 Å². The number of anilines is 1. The molecule has 9 heteroatoms. The molecule has 2 amide bonds. The summed E-state index contributed by atoms with van der Waals surface area (Å²) in [7, 11) is -2.32. The summed E-state index contributed by atoms with van der Waals surface area (Å²) < 4.78 is 25.4. The first kappa shape index (κ1) is 23.1. The Morgan fingerprint density at radius 1 is 1.00 bits per heavy atom. The van der Waals surface area contributed by atoms with Gasteiger partial charge in [-0.3, -0.25) is 14.6 Å². The van der Waals surface area contributed by atoms with Crippen LogP contribution in [0.15, 0.2) is 79.1 Å². The molecule has 32 heavy (non-hydrogen) atoms. The highest BCUT2D eigenvalue weighted by molar-refractivity contribution is 7.88. The molecule has 0 aliphatic heterocycles. The van der Waals surface area contributed by atoms with E-state index in [1.165, 1.54) is 7.05 Å². The summed E-state index contributed by atoms with van der Waals surface area (Å²) in [5.74, 6) is -0.950. The van der Waals surface area contributed by atoms with Gasteiger partial charge in [0.25, 0.3) is 5.91 Å². The number of nitrogens with one attached hydrogen (secondary N) is 2. The van der Waals surface area contributed by atoms with Gasteiger partial charge in [-0.25, -0.2) is 8.42 Å². The van der Waals surface area contributed by atoms with E-state index < -0.39 is 22.0 Å². The number of hydrogen-bond donors (Lipinski definition) is 2. The number of carbonyl (C=O) groups excluding carboxylic acids is 2. The predicted molar refractivity (Wildman–Crippen MR) is 122 cm³/mol. The van der Waals surface area contributed by atoms with Crippen molar-refractivity contribution in [1.29, 1.82) is 0 Å². The molecule has 2 N–H and O–H groups in total. The van der Waals surface area contributed by atoms with Gasteiger partial charge in [0, 0.05) is 26.0 Å². The van der Waals surface area contributed by atoms with Crippen LogP contribution in [0.5, 0.6) is 0 Å². The summed E-state index contributed by atoms with van der Waals surface area (Å²) in [6, 6.07) is 17.7. The number of hydrogen-bond acceptors (Lipinski definition) is 5. The lowest BCUT2D eigenvalue weighted by Gasteiger charge is -2.26. The van der Waals surface area contributed by atoms with Crippen LogP contribution in [-0.4, -0.2) is 42.8 Å². The number of aromatic nitrogens is 1. The summed E-state index contributed by atoms with van der Waals surface area (Å²) in [4.78, 5) is 30.0. The topological polar surface area (TPSA) is 108 Å². The Labute approximate surface area is 187 Å². The highest BCUT2D eigenvalue weighted by Gasteiger charge is 2.31. The average Bonchev–Trinajstić information content (AvgIpc) is 2.79. The van der Waals surface area contributed by atoms with Crippen LogP contribution >= 0.6 is 0 Å². The predicted octanol–water partition coefficient (Wildman–Crippen LogP) is 2.58. The highest BCUT2D eigenvalue weighted by atomic mass is 32.2. The standard InChI is InChI=1S/C23H24N4O4S/c1-27(32(2,30)31)21(18-10-4-3-5-11-18)23(29)26-20-13-7-6-12-19(20)22(28)25-16-17-9-8-14-24-15-17/h3-15,21H,16H2,1-2H3,(H,25,28)(H,26,29)/t21-/m1/s1. The second kappa shape index (κ2) is 10.2. The molecular formula is C23H24N4O4S. The quantitative estimate of drug-likeness (QED) is 0.546. The molecule has 0 aliphatic carbocycles. The number of rotatable bonds is 8. The highest BCUT2D eigenvalue weighted by Crippen LogP contribution is 2.25. The fourth-order valence-corrected chi connectivity index (χ4v) is 3.73. The maximum Gasteiger partial charge on any atom is 0.253 e. The Morgan fingerprint density at radius 2 is 1.69 bits per heavy atom. The van der Waals surface area contributed by atoms with Crippen molar-refractivity contribution in [2.75, 3.05) is 18.6 Å². The Kier molecular flexibility index (Phi) is 7.34. The summed E-state index contributed by atoms with van der Waals surface area (Å²) in [5.41, 5.74) is 1.89. The van der Waals surface area contributed by atoms with E-state index in [2.05, 4.69) is 15.6 Å². The van der Waals surface area contributed by atoms with Crippen LogP contribution < -0.4 is 10.6 Å². The van der Waals surface area contributed by atoms with E-state index in [1.807, 2.05) is 6.07 Å². The third-order valence-corrected chi connectivity index (χ3v) is 6.11. The number of pyridine rings is 1. The molecule has 166 valence electrons. The molecule has 2 aromatic carbocycles. The molecular weight excluding hydrogens is 428 g/mol. The van der Waals surface area contributed by atoms with Crippen LogP contribution in [0.25, 0.3) is 0 Å². The lowest BCUT2D eigenvalue weighted by atomic mass is 10.1. The number of amides is 2. The molecule has 0 saturated carbocycles. The minimum atomic E-state index is -3.67. The Hall–Kier alpha value is -3.56. The van der Waals surface area contributed by atoms with E-state index in [-0.39, 0.29) is 23.7 Å². The van der Waals surface area contributed by atoms with E-state index in [1.54, 1.807) is 73.1 Å². The van der Waals surface area contributed by atoms with Gasteiger partial charge in [0.1, 0.15) is 6.04 Å². The van der Waals surface area contributed by atoms with E-state index in [9.17, 15) is 18.0 Å². The van der Waals surface area contributed by atoms with Gasteiger partial charge in [0.15, 0.2) is 0 Å². The molecule has 1 aromatic heterocycles. The summed E-state index contributed by atoms with van der Waals surface area (Å²) in [5, 5.41) is 5.52. The average molecular weight is 453 g/mol. The molecule has 1 atom stereocenters. The van der Waals surface area contributed by atoms with Crippen LogP contribution in [0.1, 0.15) is 27.5 Å². The normalized spacial score (nSPS) is 12.2. The maximum atomic E-state index is 13.2. The zero-order valence-corrected chi connectivity index (χ0v) is 18.5. The molecule has 3 rings (SSSR count). The minimum Gasteiger partial charge on any atom is -0.348 e. The zero-order valence-electron chi connectivity index (χ0n) is 17.7. The van der Waals surface area contributed by atoms with Gasteiger partial charge in [-0.15, -0.1) is 0 Å². The fraction of sp³-hybridized carbons (Fsp3) is 0.174. The first-order chi connectivity index (χ1) is 15.3. The molecule has 0 fully saturated rings. The van der Waals surface area contributed by atoms with E-state index in [0.717, 1.165) is 16.1 Å². The van der Waals surface area contributed by atoms with Crippen LogP contribution in [0, 0.1) is 0 Å². The van der Waals surface area contributed by atoms with Gasteiger partial charge in [-0.05, 0) is 29.3 Å². The molecule has 1 heterocycles. The van der Waals surface area contributed by atoms with Crippen molar-refractivity contribution in [3.63, 3.8) is 0 Å². The smallest absolute Gasteiger partial charge is 0.253 e. The molecule has 0 saturated heterocycles. The fourth-order valence-electron chi connectivity index (χ4n) is 3.12. The summed E-state index contributed by atoms with van der Waals surface area (Å²) in [6.45, 7) is 0.276. The van der Waals surface area contributed by atoms with Crippen molar-refractivity contribution >= 4 is 27.5 Å². The van der Waals surface area contributed by atoms with Crippen LogP contribution in [0.4, 0.5) is 5.69 Å².